The zero-order chi connectivity index (χ0) is 21.6. The fraction of sp³-hybridized carbons (Fsp3) is 0.150. The molecule has 1 aromatic carbocycles. The van der Waals surface area contributed by atoms with Gasteiger partial charge in [-0.3, -0.25) is 8.97 Å². The third-order valence-corrected chi connectivity index (χ3v) is 6.99. The first-order valence-electron chi connectivity index (χ1n) is 9.36. The van der Waals surface area contributed by atoms with Gasteiger partial charge in [0, 0.05) is 30.8 Å². The van der Waals surface area contributed by atoms with Crippen LogP contribution in [0, 0.1) is 5.95 Å². The molecular weight excluding hydrogens is 420 g/mol. The largest absolute Gasteiger partial charge is 0.329 e. The summed E-state index contributed by atoms with van der Waals surface area (Å²) in [7, 11) is -1.39. The molecule has 0 aliphatic rings. The van der Waals surface area contributed by atoms with Crippen LogP contribution in [-0.2, 0) is 15.6 Å². The minimum Gasteiger partial charge on any atom is -0.329 e. The molecule has 4 heterocycles. The highest BCUT2D eigenvalue weighted by Gasteiger charge is 2.17. The molecule has 5 aromatic rings. The van der Waals surface area contributed by atoms with Crippen molar-refractivity contribution < 1.29 is 13.5 Å². The van der Waals surface area contributed by atoms with Crippen LogP contribution in [0.25, 0.3) is 28.2 Å². The molecule has 156 valence electrons. The van der Waals surface area contributed by atoms with Crippen molar-refractivity contribution in [3.63, 3.8) is 0 Å². The van der Waals surface area contributed by atoms with Crippen molar-refractivity contribution in [3.8, 4) is 11.3 Å². The normalized spacial score (nSPS) is 13.6. The monoisotopic (exact) mass is 437 g/mol. The summed E-state index contributed by atoms with van der Waals surface area (Å²) >= 11 is 0. The number of hydrogen-bond donors (Lipinski definition) is 0. The first-order chi connectivity index (χ1) is 14.9. The van der Waals surface area contributed by atoms with E-state index in [9.17, 15) is 8.96 Å². The van der Waals surface area contributed by atoms with Gasteiger partial charge in [-0.1, -0.05) is 23.4 Å². The van der Waals surface area contributed by atoms with Crippen LogP contribution in [0.5, 0.6) is 0 Å². The Morgan fingerprint density at radius 3 is 2.68 bits per heavy atom. The smallest absolute Gasteiger partial charge is 0.228 e. The fourth-order valence-electron chi connectivity index (χ4n) is 3.27. The van der Waals surface area contributed by atoms with E-state index in [1.807, 2.05) is 18.2 Å². The molecule has 11 heteroatoms. The van der Waals surface area contributed by atoms with E-state index in [0.29, 0.717) is 34.5 Å². The molecular formula is C20H17FN7O2P. The third-order valence-electron chi connectivity index (χ3n) is 5.06. The number of hydrogen-bond acceptors (Lipinski definition) is 7. The second-order valence-corrected chi connectivity index (χ2v) is 9.64. The van der Waals surface area contributed by atoms with Crippen molar-refractivity contribution in [2.45, 2.75) is 6.54 Å². The van der Waals surface area contributed by atoms with E-state index >= 15 is 0 Å². The molecule has 0 amide bonds. The van der Waals surface area contributed by atoms with Crippen molar-refractivity contribution in [1.29, 1.82) is 0 Å². The summed E-state index contributed by atoms with van der Waals surface area (Å²) in [6.07, 6.45) is 4.46. The van der Waals surface area contributed by atoms with Gasteiger partial charge in [0.1, 0.15) is 5.65 Å². The number of rotatable bonds is 5. The van der Waals surface area contributed by atoms with E-state index in [2.05, 4.69) is 25.3 Å². The van der Waals surface area contributed by atoms with Crippen molar-refractivity contribution in [2.24, 2.45) is 0 Å². The first kappa shape index (κ1) is 19.5. The lowest BCUT2D eigenvalue weighted by molar-refractivity contribution is 0.408. The van der Waals surface area contributed by atoms with Gasteiger partial charge in [-0.2, -0.15) is 4.39 Å². The number of benzene rings is 1. The Hall–Kier alpha value is -3.49. The van der Waals surface area contributed by atoms with Crippen LogP contribution in [0.15, 0.2) is 55.0 Å². The standard InChI is InChI=1S/C20H17FN7O2P/c1-30-31(2,29)15-6-4-14(5-7-15)16-9-23-19-20(24-16)28(26-25-19)12-13-3-8-18-22-10-17(21)27(18)11-13/h3-11H,12H2,1-2H3. The van der Waals surface area contributed by atoms with Gasteiger partial charge >= 0.3 is 0 Å². The quantitative estimate of drug-likeness (QED) is 0.390. The lowest BCUT2D eigenvalue weighted by Gasteiger charge is -2.11. The van der Waals surface area contributed by atoms with Crippen LogP contribution < -0.4 is 5.30 Å². The summed E-state index contributed by atoms with van der Waals surface area (Å²) in [6, 6.07) is 10.8. The molecule has 0 saturated carbocycles. The first-order valence-corrected chi connectivity index (χ1v) is 11.4. The minimum absolute atomic E-state index is 0.341. The van der Waals surface area contributed by atoms with Crippen LogP contribution >= 0.6 is 7.37 Å². The van der Waals surface area contributed by atoms with Crippen LogP contribution in [0.1, 0.15) is 5.56 Å². The van der Waals surface area contributed by atoms with Gasteiger partial charge in [0.25, 0.3) is 0 Å². The lowest BCUT2D eigenvalue weighted by atomic mass is 10.2. The second kappa shape index (κ2) is 7.33. The summed E-state index contributed by atoms with van der Waals surface area (Å²) in [6.45, 7) is 1.92. The Balaban J connectivity index is 1.49. The Kier molecular flexibility index (Phi) is 4.60. The van der Waals surface area contributed by atoms with Gasteiger partial charge in [0.2, 0.25) is 19.0 Å². The number of pyridine rings is 1. The van der Waals surface area contributed by atoms with Crippen LogP contribution in [-0.4, -0.2) is 48.1 Å². The molecule has 0 fully saturated rings. The lowest BCUT2D eigenvalue weighted by Crippen LogP contribution is -2.06. The second-order valence-electron chi connectivity index (χ2n) is 7.07. The Labute approximate surface area is 176 Å². The maximum atomic E-state index is 13.8. The van der Waals surface area contributed by atoms with Crippen molar-refractivity contribution in [2.75, 3.05) is 13.8 Å². The minimum atomic E-state index is -2.82. The molecule has 0 radical (unpaired) electrons. The topological polar surface area (TPSA) is 100 Å². The average molecular weight is 437 g/mol. The highest BCUT2D eigenvalue weighted by Crippen LogP contribution is 2.40. The van der Waals surface area contributed by atoms with E-state index in [0.717, 1.165) is 11.1 Å². The number of imidazole rings is 1. The highest BCUT2D eigenvalue weighted by molar-refractivity contribution is 7.66. The zero-order valence-corrected chi connectivity index (χ0v) is 17.6. The van der Waals surface area contributed by atoms with Crippen molar-refractivity contribution in [3.05, 3.63) is 66.5 Å². The summed E-state index contributed by atoms with van der Waals surface area (Å²) in [5.74, 6) is -0.434. The molecule has 5 rings (SSSR count). The van der Waals surface area contributed by atoms with E-state index in [1.54, 1.807) is 41.9 Å². The molecule has 0 spiro atoms. The third kappa shape index (κ3) is 3.49. The molecule has 0 bridgehead atoms. The van der Waals surface area contributed by atoms with Crippen LogP contribution in [0.4, 0.5) is 4.39 Å². The van der Waals surface area contributed by atoms with Crippen molar-refractivity contribution >= 4 is 29.6 Å². The Bertz CT molecular complexity index is 1460. The summed E-state index contributed by atoms with van der Waals surface area (Å²) in [4.78, 5) is 13.0. The van der Waals surface area contributed by atoms with Crippen molar-refractivity contribution in [1.82, 2.24) is 34.3 Å². The molecule has 1 unspecified atom stereocenters. The number of aromatic nitrogens is 7. The Morgan fingerprint density at radius 2 is 1.90 bits per heavy atom. The predicted octanol–water partition coefficient (Wildman–Crippen LogP) is 2.90. The number of halogens is 1. The van der Waals surface area contributed by atoms with E-state index in [1.165, 1.54) is 17.7 Å². The van der Waals surface area contributed by atoms with Gasteiger partial charge in [0.05, 0.1) is 24.6 Å². The van der Waals surface area contributed by atoms with E-state index < -0.39 is 13.3 Å². The van der Waals surface area contributed by atoms with Gasteiger partial charge in [-0.05, 0) is 23.8 Å². The molecule has 9 nitrogen and oxygen atoms in total. The molecule has 31 heavy (non-hydrogen) atoms. The van der Waals surface area contributed by atoms with Crippen LogP contribution in [0.2, 0.25) is 0 Å². The van der Waals surface area contributed by atoms with E-state index in [-0.39, 0.29) is 0 Å². The predicted molar refractivity (Wildman–Crippen MR) is 113 cm³/mol. The SMILES string of the molecule is COP(C)(=O)c1ccc(-c2cnc3nnn(Cc4ccc5ncc(F)n5c4)c3n2)cc1. The molecule has 0 N–H and O–H groups in total. The van der Waals surface area contributed by atoms with Gasteiger partial charge in [0.15, 0.2) is 5.65 Å². The molecule has 0 aliphatic heterocycles. The zero-order valence-electron chi connectivity index (χ0n) is 16.7. The molecule has 0 saturated heterocycles. The number of nitrogens with zero attached hydrogens (tertiary/aromatic N) is 7. The van der Waals surface area contributed by atoms with E-state index in [4.69, 9.17) is 4.52 Å². The maximum Gasteiger partial charge on any atom is 0.228 e. The number of fused-ring (bicyclic) bond motifs is 2. The highest BCUT2D eigenvalue weighted by atomic mass is 31.2. The molecule has 4 aromatic heterocycles. The van der Waals surface area contributed by atoms with Gasteiger partial charge in [-0.15, -0.1) is 5.10 Å². The Morgan fingerprint density at radius 1 is 1.10 bits per heavy atom. The fourth-order valence-corrected chi connectivity index (χ4v) is 4.17. The van der Waals surface area contributed by atoms with Gasteiger partial charge in [-0.25, -0.2) is 19.6 Å². The summed E-state index contributed by atoms with van der Waals surface area (Å²) < 4.78 is 34.3. The molecule has 1 atom stereocenters. The summed E-state index contributed by atoms with van der Waals surface area (Å²) in [5, 5.41) is 8.84. The summed E-state index contributed by atoms with van der Waals surface area (Å²) in [5.41, 5.74) is 3.69. The van der Waals surface area contributed by atoms with Crippen LogP contribution in [0.3, 0.4) is 0 Å². The molecule has 0 aliphatic carbocycles. The van der Waals surface area contributed by atoms with Gasteiger partial charge < -0.3 is 4.52 Å². The maximum absolute atomic E-state index is 13.8. The average Bonchev–Trinajstić information content (AvgIpc) is 3.37.